The summed E-state index contributed by atoms with van der Waals surface area (Å²) in [5.74, 6) is -0.637. The predicted octanol–water partition coefficient (Wildman–Crippen LogP) is 0.354. The van der Waals surface area contributed by atoms with Crippen LogP contribution in [0, 0.1) is 13.8 Å². The SMILES string of the molecule is Cc1cc(C)cc(C2=C[C@H](O)[C@@](O)(CO)C2=O)c1. The van der Waals surface area contributed by atoms with Gasteiger partial charge in [-0.05, 0) is 25.5 Å². The van der Waals surface area contributed by atoms with Gasteiger partial charge in [0.1, 0.15) is 6.10 Å². The molecule has 96 valence electrons. The average molecular weight is 248 g/mol. The number of benzene rings is 1. The van der Waals surface area contributed by atoms with Gasteiger partial charge in [-0.2, -0.15) is 0 Å². The van der Waals surface area contributed by atoms with E-state index in [9.17, 15) is 15.0 Å². The van der Waals surface area contributed by atoms with E-state index in [1.54, 1.807) is 0 Å². The molecule has 0 fully saturated rings. The molecule has 0 saturated carbocycles. The summed E-state index contributed by atoms with van der Waals surface area (Å²) in [5.41, 5.74) is 0.791. The zero-order chi connectivity index (χ0) is 13.5. The highest BCUT2D eigenvalue weighted by atomic mass is 16.4. The Morgan fingerprint density at radius 3 is 2.22 bits per heavy atom. The fourth-order valence-corrected chi connectivity index (χ4v) is 2.26. The minimum absolute atomic E-state index is 0.255. The van der Waals surface area contributed by atoms with E-state index < -0.39 is 24.1 Å². The molecule has 0 aromatic heterocycles. The molecule has 2 rings (SSSR count). The summed E-state index contributed by atoms with van der Waals surface area (Å²) < 4.78 is 0. The van der Waals surface area contributed by atoms with Crippen molar-refractivity contribution in [3.63, 3.8) is 0 Å². The Morgan fingerprint density at radius 1 is 1.22 bits per heavy atom. The summed E-state index contributed by atoms with van der Waals surface area (Å²) in [6.07, 6.45) is -0.0712. The molecule has 0 radical (unpaired) electrons. The first-order valence-corrected chi connectivity index (χ1v) is 5.75. The molecule has 1 aromatic rings. The van der Waals surface area contributed by atoms with Crippen molar-refractivity contribution in [3.8, 4) is 0 Å². The van der Waals surface area contributed by atoms with Gasteiger partial charge in [0.05, 0.1) is 6.61 Å². The molecule has 4 nitrogen and oxygen atoms in total. The number of aliphatic hydroxyl groups excluding tert-OH is 2. The third kappa shape index (κ3) is 1.88. The first kappa shape index (κ1) is 13.0. The Kier molecular flexibility index (Phi) is 3.11. The predicted molar refractivity (Wildman–Crippen MR) is 66.9 cm³/mol. The van der Waals surface area contributed by atoms with E-state index in [2.05, 4.69) is 0 Å². The molecule has 0 unspecified atom stereocenters. The fourth-order valence-electron chi connectivity index (χ4n) is 2.26. The van der Waals surface area contributed by atoms with Gasteiger partial charge in [-0.1, -0.05) is 29.3 Å². The number of Topliss-reactive ketones (excluding diaryl/α,β-unsaturated/α-hetero) is 1. The molecule has 3 N–H and O–H groups in total. The van der Waals surface area contributed by atoms with Crippen LogP contribution in [-0.4, -0.2) is 39.4 Å². The van der Waals surface area contributed by atoms with Gasteiger partial charge in [-0.3, -0.25) is 4.79 Å². The van der Waals surface area contributed by atoms with Crippen LogP contribution in [0.25, 0.3) is 5.57 Å². The second-order valence-corrected chi connectivity index (χ2v) is 4.81. The minimum atomic E-state index is -2.10. The summed E-state index contributed by atoms with van der Waals surface area (Å²) in [6.45, 7) is 3.02. The lowest BCUT2D eigenvalue weighted by atomic mass is 9.93. The van der Waals surface area contributed by atoms with Crippen molar-refractivity contribution in [1.82, 2.24) is 0 Å². The van der Waals surface area contributed by atoms with E-state index >= 15 is 0 Å². The maximum Gasteiger partial charge on any atom is 0.200 e. The summed E-state index contributed by atoms with van der Waals surface area (Å²) in [7, 11) is 0. The number of hydrogen-bond donors (Lipinski definition) is 3. The van der Waals surface area contributed by atoms with Crippen molar-refractivity contribution in [2.45, 2.75) is 25.6 Å². The largest absolute Gasteiger partial charge is 0.393 e. The maximum absolute atomic E-state index is 12.1. The van der Waals surface area contributed by atoms with Gasteiger partial charge in [0, 0.05) is 5.57 Å². The second-order valence-electron chi connectivity index (χ2n) is 4.81. The number of ketones is 1. The smallest absolute Gasteiger partial charge is 0.200 e. The van der Waals surface area contributed by atoms with Crippen molar-refractivity contribution >= 4 is 11.4 Å². The normalized spacial score (nSPS) is 27.5. The van der Waals surface area contributed by atoms with Gasteiger partial charge in [-0.25, -0.2) is 0 Å². The summed E-state index contributed by atoms with van der Waals surface area (Å²) in [4.78, 5) is 12.1. The molecule has 0 aliphatic heterocycles. The quantitative estimate of drug-likeness (QED) is 0.706. The Hall–Kier alpha value is -1.49. The van der Waals surface area contributed by atoms with Gasteiger partial charge >= 0.3 is 0 Å². The van der Waals surface area contributed by atoms with Crippen molar-refractivity contribution in [3.05, 3.63) is 41.0 Å². The summed E-state index contributed by atoms with van der Waals surface area (Å²) >= 11 is 0. The molecule has 0 spiro atoms. The Bertz CT molecular complexity index is 512. The summed E-state index contributed by atoms with van der Waals surface area (Å²) in [5, 5.41) is 28.7. The lowest BCUT2D eigenvalue weighted by molar-refractivity contribution is -0.143. The van der Waals surface area contributed by atoms with Crippen LogP contribution >= 0.6 is 0 Å². The highest BCUT2D eigenvalue weighted by Crippen LogP contribution is 2.32. The zero-order valence-electron chi connectivity index (χ0n) is 10.3. The number of rotatable bonds is 2. The number of carbonyl (C=O) groups excluding carboxylic acids is 1. The van der Waals surface area contributed by atoms with E-state index in [0.717, 1.165) is 11.1 Å². The standard InChI is InChI=1S/C14H16O4/c1-8-3-9(2)5-10(4-8)11-6-12(16)14(18,7-15)13(11)17/h3-6,12,15-16,18H,7H2,1-2H3/t12-,14-/m0/s1. The molecular weight excluding hydrogens is 232 g/mol. The van der Waals surface area contributed by atoms with Crippen molar-refractivity contribution < 1.29 is 20.1 Å². The first-order chi connectivity index (χ1) is 8.38. The van der Waals surface area contributed by atoms with Crippen LogP contribution < -0.4 is 0 Å². The van der Waals surface area contributed by atoms with E-state index in [0.29, 0.717) is 5.56 Å². The van der Waals surface area contributed by atoms with Crippen LogP contribution in [0.15, 0.2) is 24.3 Å². The molecule has 18 heavy (non-hydrogen) atoms. The molecule has 0 bridgehead atoms. The molecular formula is C14H16O4. The molecule has 0 saturated heterocycles. The van der Waals surface area contributed by atoms with Crippen LogP contribution in [0.3, 0.4) is 0 Å². The van der Waals surface area contributed by atoms with Crippen LogP contribution in [0.4, 0.5) is 0 Å². The molecule has 0 heterocycles. The van der Waals surface area contributed by atoms with Gasteiger partial charge < -0.3 is 15.3 Å². The van der Waals surface area contributed by atoms with Gasteiger partial charge in [0.25, 0.3) is 0 Å². The Labute approximate surface area is 105 Å². The van der Waals surface area contributed by atoms with E-state index in [1.165, 1.54) is 6.08 Å². The number of carbonyl (C=O) groups is 1. The van der Waals surface area contributed by atoms with Crippen LogP contribution in [0.2, 0.25) is 0 Å². The van der Waals surface area contributed by atoms with E-state index in [1.807, 2.05) is 32.0 Å². The molecule has 1 aliphatic rings. The highest BCUT2D eigenvalue weighted by molar-refractivity contribution is 6.27. The monoisotopic (exact) mass is 248 g/mol. The fraction of sp³-hybridized carbons (Fsp3) is 0.357. The van der Waals surface area contributed by atoms with Gasteiger partial charge in [0.15, 0.2) is 11.4 Å². The molecule has 2 atom stereocenters. The highest BCUT2D eigenvalue weighted by Gasteiger charge is 2.48. The average Bonchev–Trinajstić information content (AvgIpc) is 2.53. The maximum atomic E-state index is 12.1. The number of hydrogen-bond acceptors (Lipinski definition) is 4. The third-order valence-electron chi connectivity index (χ3n) is 3.23. The van der Waals surface area contributed by atoms with Gasteiger partial charge in [0.2, 0.25) is 0 Å². The van der Waals surface area contributed by atoms with Gasteiger partial charge in [-0.15, -0.1) is 0 Å². The molecule has 0 amide bonds. The Morgan fingerprint density at radius 2 is 1.78 bits per heavy atom. The topological polar surface area (TPSA) is 77.8 Å². The third-order valence-corrected chi connectivity index (χ3v) is 3.23. The first-order valence-electron chi connectivity index (χ1n) is 5.75. The second kappa shape index (κ2) is 4.31. The Balaban J connectivity index is 2.47. The molecule has 1 aromatic carbocycles. The molecule has 4 heteroatoms. The minimum Gasteiger partial charge on any atom is -0.393 e. The zero-order valence-corrected chi connectivity index (χ0v) is 10.3. The van der Waals surface area contributed by atoms with E-state index in [-0.39, 0.29) is 5.57 Å². The van der Waals surface area contributed by atoms with Crippen LogP contribution in [-0.2, 0) is 4.79 Å². The van der Waals surface area contributed by atoms with Crippen molar-refractivity contribution in [2.75, 3.05) is 6.61 Å². The number of aryl methyl sites for hydroxylation is 2. The van der Waals surface area contributed by atoms with E-state index in [4.69, 9.17) is 5.11 Å². The lowest BCUT2D eigenvalue weighted by Crippen LogP contribution is -2.48. The summed E-state index contributed by atoms with van der Waals surface area (Å²) in [6, 6.07) is 5.59. The molecule has 1 aliphatic carbocycles. The number of aliphatic hydroxyl groups is 3. The lowest BCUT2D eigenvalue weighted by Gasteiger charge is -2.22. The van der Waals surface area contributed by atoms with Crippen LogP contribution in [0.5, 0.6) is 0 Å². The van der Waals surface area contributed by atoms with Crippen molar-refractivity contribution in [2.24, 2.45) is 0 Å². The van der Waals surface area contributed by atoms with Crippen molar-refractivity contribution in [1.29, 1.82) is 0 Å². The van der Waals surface area contributed by atoms with Crippen LogP contribution in [0.1, 0.15) is 16.7 Å².